The molecule has 4 nitrogen and oxygen atoms in total. The molecular formula is C17H20N2O2S. The molecule has 0 amide bonds. The van der Waals surface area contributed by atoms with Crippen LogP contribution < -0.4 is 11.5 Å². The van der Waals surface area contributed by atoms with E-state index in [9.17, 15) is 8.42 Å². The standard InChI is InChI=1S/C17H20N2O2S/c1-12-7-9-14(10-8-12)22(20,21)16-15(17(16,19)11-18)13-5-3-2-4-6-13/h2-10,15-16H,11,18-19H2,1H3/t15-,16-,17+/m1/s1. The lowest BCUT2D eigenvalue weighted by Crippen LogP contribution is -2.39. The third-order valence-corrected chi connectivity index (χ3v) is 6.81. The lowest BCUT2D eigenvalue weighted by molar-refractivity contribution is 0.586. The van der Waals surface area contributed by atoms with Crippen LogP contribution >= 0.6 is 0 Å². The first-order valence-electron chi connectivity index (χ1n) is 7.26. The van der Waals surface area contributed by atoms with Crippen LogP contribution in [0.5, 0.6) is 0 Å². The molecule has 22 heavy (non-hydrogen) atoms. The van der Waals surface area contributed by atoms with E-state index in [0.717, 1.165) is 11.1 Å². The van der Waals surface area contributed by atoms with Crippen LogP contribution in [0.3, 0.4) is 0 Å². The Hall–Kier alpha value is -1.69. The lowest BCUT2D eigenvalue weighted by Gasteiger charge is -2.09. The molecule has 1 aliphatic rings. The first kappa shape index (κ1) is 15.2. The molecule has 2 aromatic carbocycles. The molecule has 0 saturated heterocycles. The molecule has 0 spiro atoms. The summed E-state index contributed by atoms with van der Waals surface area (Å²) in [6.45, 7) is 2.07. The number of benzene rings is 2. The van der Waals surface area contributed by atoms with Crippen molar-refractivity contribution in [2.75, 3.05) is 6.54 Å². The van der Waals surface area contributed by atoms with E-state index in [-0.39, 0.29) is 12.5 Å². The fourth-order valence-corrected chi connectivity index (χ4v) is 5.47. The average Bonchev–Trinajstić information content (AvgIpc) is 3.16. The van der Waals surface area contributed by atoms with Gasteiger partial charge in [-0.2, -0.15) is 0 Å². The van der Waals surface area contributed by atoms with Crippen molar-refractivity contribution >= 4 is 9.84 Å². The van der Waals surface area contributed by atoms with E-state index in [1.165, 1.54) is 0 Å². The zero-order valence-corrected chi connectivity index (χ0v) is 13.3. The largest absolute Gasteiger partial charge is 0.329 e. The Kier molecular flexibility index (Phi) is 3.59. The summed E-state index contributed by atoms with van der Waals surface area (Å²) in [6.07, 6.45) is 0. The van der Waals surface area contributed by atoms with Crippen LogP contribution in [0.1, 0.15) is 17.0 Å². The number of rotatable bonds is 4. The third-order valence-electron chi connectivity index (χ3n) is 4.50. The minimum Gasteiger partial charge on any atom is -0.329 e. The molecule has 0 heterocycles. The van der Waals surface area contributed by atoms with Crippen molar-refractivity contribution in [3.63, 3.8) is 0 Å². The van der Waals surface area contributed by atoms with E-state index in [2.05, 4.69) is 0 Å². The first-order chi connectivity index (χ1) is 10.4. The summed E-state index contributed by atoms with van der Waals surface area (Å²) in [4.78, 5) is 0.310. The highest BCUT2D eigenvalue weighted by molar-refractivity contribution is 7.92. The van der Waals surface area contributed by atoms with Crippen molar-refractivity contribution < 1.29 is 8.42 Å². The monoisotopic (exact) mass is 316 g/mol. The molecule has 5 heteroatoms. The molecule has 0 radical (unpaired) electrons. The van der Waals surface area contributed by atoms with Gasteiger partial charge >= 0.3 is 0 Å². The van der Waals surface area contributed by atoms with Gasteiger partial charge in [-0.1, -0.05) is 48.0 Å². The van der Waals surface area contributed by atoms with E-state index in [1.54, 1.807) is 24.3 Å². The van der Waals surface area contributed by atoms with Crippen LogP contribution in [0.25, 0.3) is 0 Å². The highest BCUT2D eigenvalue weighted by atomic mass is 32.2. The van der Waals surface area contributed by atoms with Crippen LogP contribution in [0.2, 0.25) is 0 Å². The summed E-state index contributed by atoms with van der Waals surface area (Å²) in [5, 5.41) is -0.671. The summed E-state index contributed by atoms with van der Waals surface area (Å²) < 4.78 is 25.9. The van der Waals surface area contributed by atoms with Gasteiger partial charge in [0.05, 0.1) is 15.7 Å². The maximum Gasteiger partial charge on any atom is 0.183 e. The molecule has 2 aromatic rings. The lowest BCUT2D eigenvalue weighted by atomic mass is 10.1. The second-order valence-electron chi connectivity index (χ2n) is 5.98. The van der Waals surface area contributed by atoms with Gasteiger partial charge in [0.1, 0.15) is 0 Å². The van der Waals surface area contributed by atoms with Crippen LogP contribution in [-0.4, -0.2) is 25.8 Å². The molecule has 0 aliphatic heterocycles. The van der Waals surface area contributed by atoms with Crippen molar-refractivity contribution in [1.82, 2.24) is 0 Å². The van der Waals surface area contributed by atoms with Crippen molar-refractivity contribution in [1.29, 1.82) is 0 Å². The fraction of sp³-hybridized carbons (Fsp3) is 0.294. The number of hydrogen-bond donors (Lipinski definition) is 2. The number of nitrogens with two attached hydrogens (primary N) is 2. The Bertz CT molecular complexity index is 772. The Morgan fingerprint density at radius 2 is 1.64 bits per heavy atom. The zero-order chi connectivity index (χ0) is 16.0. The van der Waals surface area contributed by atoms with Gasteiger partial charge in [0.15, 0.2) is 9.84 Å². The van der Waals surface area contributed by atoms with Gasteiger partial charge < -0.3 is 11.5 Å². The smallest absolute Gasteiger partial charge is 0.183 e. The van der Waals surface area contributed by atoms with Crippen LogP contribution in [0, 0.1) is 6.92 Å². The molecule has 1 aliphatic carbocycles. The summed E-state index contributed by atoms with van der Waals surface area (Å²) in [6, 6.07) is 16.4. The summed E-state index contributed by atoms with van der Waals surface area (Å²) in [5.74, 6) is -0.259. The maximum atomic E-state index is 12.9. The summed E-state index contributed by atoms with van der Waals surface area (Å²) in [5.41, 5.74) is 13.2. The highest BCUT2D eigenvalue weighted by Crippen LogP contribution is 2.55. The van der Waals surface area contributed by atoms with Crippen LogP contribution in [0.4, 0.5) is 0 Å². The maximum absolute atomic E-state index is 12.9. The Morgan fingerprint density at radius 1 is 1.05 bits per heavy atom. The predicted octanol–water partition coefficient (Wildman–Crippen LogP) is 1.59. The first-order valence-corrected chi connectivity index (χ1v) is 8.80. The molecular weight excluding hydrogens is 296 g/mol. The number of sulfone groups is 1. The predicted molar refractivity (Wildman–Crippen MR) is 87.3 cm³/mol. The molecule has 116 valence electrons. The molecule has 3 atom stereocenters. The van der Waals surface area contributed by atoms with Crippen LogP contribution in [-0.2, 0) is 9.84 Å². The SMILES string of the molecule is Cc1ccc(S(=O)(=O)[C@@H]2[C@@H](c3ccccc3)[C@@]2(N)CN)cc1. The minimum absolute atomic E-state index is 0.141. The van der Waals surface area contributed by atoms with E-state index in [0.29, 0.717) is 4.90 Å². The van der Waals surface area contributed by atoms with E-state index >= 15 is 0 Å². The second kappa shape index (κ2) is 5.19. The van der Waals surface area contributed by atoms with Gasteiger partial charge in [-0.3, -0.25) is 0 Å². The van der Waals surface area contributed by atoms with Crippen molar-refractivity contribution in [2.24, 2.45) is 11.5 Å². The summed E-state index contributed by atoms with van der Waals surface area (Å²) >= 11 is 0. The van der Waals surface area contributed by atoms with Crippen LogP contribution in [0.15, 0.2) is 59.5 Å². The Balaban J connectivity index is 2.01. The van der Waals surface area contributed by atoms with E-state index in [4.69, 9.17) is 11.5 Å². The molecule has 3 rings (SSSR count). The fourth-order valence-electron chi connectivity index (χ4n) is 3.15. The molecule has 0 bridgehead atoms. The van der Waals surface area contributed by atoms with Gasteiger partial charge in [0, 0.05) is 12.5 Å². The number of aryl methyl sites for hydroxylation is 1. The Labute approximate surface area is 131 Å². The zero-order valence-electron chi connectivity index (χ0n) is 12.4. The van der Waals surface area contributed by atoms with Gasteiger partial charge in [-0.25, -0.2) is 8.42 Å². The minimum atomic E-state index is -3.50. The summed E-state index contributed by atoms with van der Waals surface area (Å²) in [7, 11) is -3.50. The molecule has 0 aromatic heterocycles. The van der Waals surface area contributed by atoms with Crippen molar-refractivity contribution in [2.45, 2.75) is 28.5 Å². The molecule has 4 N–H and O–H groups in total. The van der Waals surface area contributed by atoms with Gasteiger partial charge in [0.25, 0.3) is 0 Å². The van der Waals surface area contributed by atoms with Crippen molar-refractivity contribution in [3.05, 3.63) is 65.7 Å². The topological polar surface area (TPSA) is 86.2 Å². The molecule has 1 saturated carbocycles. The molecule has 0 unspecified atom stereocenters. The quantitative estimate of drug-likeness (QED) is 0.897. The van der Waals surface area contributed by atoms with Gasteiger partial charge in [-0.05, 0) is 24.6 Å². The normalized spacial score (nSPS) is 27.6. The van der Waals surface area contributed by atoms with Gasteiger partial charge in [-0.15, -0.1) is 0 Å². The van der Waals surface area contributed by atoms with E-state index in [1.807, 2.05) is 37.3 Å². The average molecular weight is 316 g/mol. The molecule has 1 fully saturated rings. The van der Waals surface area contributed by atoms with Gasteiger partial charge in [0.2, 0.25) is 0 Å². The second-order valence-corrected chi connectivity index (χ2v) is 8.05. The van der Waals surface area contributed by atoms with Crippen molar-refractivity contribution in [3.8, 4) is 0 Å². The number of hydrogen-bond acceptors (Lipinski definition) is 4. The third kappa shape index (κ3) is 2.26. The highest BCUT2D eigenvalue weighted by Gasteiger charge is 2.68. The van der Waals surface area contributed by atoms with E-state index < -0.39 is 20.6 Å². The Morgan fingerprint density at radius 3 is 2.18 bits per heavy atom.